The lowest BCUT2D eigenvalue weighted by atomic mass is 10.0. The van der Waals surface area contributed by atoms with Crippen molar-refractivity contribution in [2.24, 2.45) is 0 Å². The second-order valence-corrected chi connectivity index (χ2v) is 9.24. The number of anilines is 2. The van der Waals surface area contributed by atoms with Crippen LogP contribution in [0.15, 0.2) is 66.7 Å². The number of ether oxygens (including phenoxy) is 1. The van der Waals surface area contributed by atoms with Crippen LogP contribution in [0.1, 0.15) is 31.4 Å². The summed E-state index contributed by atoms with van der Waals surface area (Å²) in [5, 5.41) is 7.87. The average Bonchev–Trinajstić information content (AvgIpc) is 3.24. The van der Waals surface area contributed by atoms with Crippen LogP contribution in [0.5, 0.6) is 5.88 Å². The summed E-state index contributed by atoms with van der Waals surface area (Å²) in [5.74, 6) is -0.148. The molecule has 1 heterocycles. The lowest BCUT2D eigenvalue weighted by Crippen LogP contribution is -2.09. The van der Waals surface area contributed by atoms with Gasteiger partial charge in [0.1, 0.15) is 5.69 Å². The van der Waals surface area contributed by atoms with Crippen LogP contribution in [-0.4, -0.2) is 35.8 Å². The van der Waals surface area contributed by atoms with Gasteiger partial charge in [0, 0.05) is 44.4 Å². The predicted octanol–water partition coefficient (Wildman–Crippen LogP) is 6.16. The second kappa shape index (κ2) is 10.7. The monoisotopic (exact) mass is 496 g/mol. The van der Waals surface area contributed by atoms with Gasteiger partial charge in [-0.05, 0) is 60.9 Å². The quantitative estimate of drug-likeness (QED) is 0.310. The van der Waals surface area contributed by atoms with Crippen molar-refractivity contribution in [2.45, 2.75) is 34.1 Å². The molecule has 0 saturated carbocycles. The molecule has 7 heteroatoms. The summed E-state index contributed by atoms with van der Waals surface area (Å²) in [4.78, 5) is 26.2. The lowest BCUT2D eigenvalue weighted by Gasteiger charge is -2.13. The van der Waals surface area contributed by atoms with Gasteiger partial charge in [-0.25, -0.2) is 0 Å². The van der Waals surface area contributed by atoms with Crippen molar-refractivity contribution in [3.8, 4) is 34.0 Å². The zero-order valence-electron chi connectivity index (χ0n) is 22.1. The molecule has 0 aliphatic heterocycles. The number of benzene rings is 3. The van der Waals surface area contributed by atoms with Crippen LogP contribution in [0.3, 0.4) is 0 Å². The van der Waals surface area contributed by atoms with Gasteiger partial charge < -0.3 is 15.0 Å². The van der Waals surface area contributed by atoms with Gasteiger partial charge in [-0.3, -0.25) is 9.59 Å². The van der Waals surface area contributed by atoms with Crippen LogP contribution in [0.2, 0.25) is 0 Å². The predicted molar refractivity (Wildman–Crippen MR) is 148 cm³/mol. The van der Waals surface area contributed by atoms with Crippen molar-refractivity contribution in [3.05, 3.63) is 77.9 Å². The number of aromatic nitrogens is 2. The minimum atomic E-state index is -0.436. The summed E-state index contributed by atoms with van der Waals surface area (Å²) in [7, 11) is 3.99. The fraction of sp³-hybridized carbons (Fsp3) is 0.233. The van der Waals surface area contributed by atoms with Crippen molar-refractivity contribution in [2.75, 3.05) is 24.3 Å². The summed E-state index contributed by atoms with van der Waals surface area (Å²) in [6.07, 6.45) is 0.397. The Morgan fingerprint density at radius 2 is 1.59 bits per heavy atom. The third-order valence-electron chi connectivity index (χ3n) is 6.11. The number of aryl methyl sites for hydroxylation is 2. The van der Waals surface area contributed by atoms with Gasteiger partial charge in [-0.2, -0.15) is 9.78 Å². The van der Waals surface area contributed by atoms with Gasteiger partial charge in [-0.1, -0.05) is 43.3 Å². The Bertz CT molecular complexity index is 1440. The third kappa shape index (κ3) is 5.56. The van der Waals surface area contributed by atoms with Gasteiger partial charge in [0.2, 0.25) is 11.8 Å². The smallest absolute Gasteiger partial charge is 0.309 e. The van der Waals surface area contributed by atoms with Crippen LogP contribution in [0.4, 0.5) is 11.4 Å². The highest BCUT2D eigenvalue weighted by Crippen LogP contribution is 2.42. The van der Waals surface area contributed by atoms with Gasteiger partial charge in [0.25, 0.3) is 0 Å². The molecule has 0 bridgehead atoms. The Balaban J connectivity index is 1.97. The number of nitrogens with one attached hydrogen (secondary N) is 1. The Hall–Kier alpha value is -4.39. The molecule has 0 atom stereocenters. The highest BCUT2D eigenvalue weighted by atomic mass is 16.5. The van der Waals surface area contributed by atoms with E-state index in [0.717, 1.165) is 33.6 Å². The summed E-state index contributed by atoms with van der Waals surface area (Å²) in [6, 6.07) is 21.7. The Morgan fingerprint density at radius 3 is 2.19 bits per heavy atom. The highest BCUT2D eigenvalue weighted by Gasteiger charge is 2.25. The molecule has 190 valence electrons. The molecule has 0 saturated heterocycles. The summed E-state index contributed by atoms with van der Waals surface area (Å²) in [6.45, 7) is 7.22. The number of rotatable bonds is 7. The molecule has 4 aromatic rings. The number of amides is 1. The minimum absolute atomic E-state index is 0.0576. The van der Waals surface area contributed by atoms with E-state index in [1.165, 1.54) is 6.92 Å². The molecule has 1 N–H and O–H groups in total. The van der Waals surface area contributed by atoms with Crippen LogP contribution < -0.4 is 15.0 Å². The van der Waals surface area contributed by atoms with Crippen LogP contribution in [0.25, 0.3) is 28.1 Å². The maximum absolute atomic E-state index is 12.3. The van der Waals surface area contributed by atoms with Crippen LogP contribution >= 0.6 is 0 Å². The molecule has 0 aliphatic rings. The van der Waals surface area contributed by atoms with Crippen LogP contribution in [-0.2, 0) is 9.59 Å². The molecule has 7 nitrogen and oxygen atoms in total. The Kier molecular flexibility index (Phi) is 7.43. The maximum Gasteiger partial charge on any atom is 0.309 e. The van der Waals surface area contributed by atoms with E-state index in [1.54, 1.807) is 4.68 Å². The van der Waals surface area contributed by atoms with E-state index in [0.29, 0.717) is 29.2 Å². The third-order valence-corrected chi connectivity index (χ3v) is 6.11. The molecule has 0 radical (unpaired) electrons. The molecule has 1 aromatic heterocycles. The normalized spacial score (nSPS) is 10.8. The van der Waals surface area contributed by atoms with E-state index >= 15 is 0 Å². The minimum Gasteiger partial charge on any atom is -0.407 e. The zero-order valence-corrected chi connectivity index (χ0v) is 22.1. The Labute approximate surface area is 217 Å². The van der Waals surface area contributed by atoms with Crippen molar-refractivity contribution < 1.29 is 14.3 Å². The SMILES string of the molecule is CCC(=O)Nc1ccc(-c2c(-c3ccc(N(C)C)cc3)nn(-c3cc(C)ccc3C)c2OC(C)=O)cc1. The number of hydrogen-bond donors (Lipinski definition) is 1. The summed E-state index contributed by atoms with van der Waals surface area (Å²) >= 11 is 0. The highest BCUT2D eigenvalue weighted by molar-refractivity contribution is 5.92. The van der Waals surface area contributed by atoms with E-state index in [9.17, 15) is 9.59 Å². The lowest BCUT2D eigenvalue weighted by molar-refractivity contribution is -0.132. The standard InChI is InChI=1S/C30H32N4O3/c1-7-27(36)31-24-14-10-22(11-15-24)28-29(23-12-16-25(17-13-23)33(5)6)32-34(30(28)37-21(4)35)26-18-19(2)8-9-20(26)3/h8-18H,7H2,1-6H3,(H,31,36). The molecule has 0 unspecified atom stereocenters. The number of nitrogens with zero attached hydrogens (tertiary/aromatic N) is 3. The number of esters is 1. The van der Waals surface area contributed by atoms with E-state index < -0.39 is 5.97 Å². The molecule has 3 aromatic carbocycles. The van der Waals surface area contributed by atoms with Gasteiger partial charge in [0.15, 0.2) is 0 Å². The molecular formula is C30H32N4O3. The second-order valence-electron chi connectivity index (χ2n) is 9.24. The van der Waals surface area contributed by atoms with Crippen molar-refractivity contribution in [1.82, 2.24) is 9.78 Å². The van der Waals surface area contributed by atoms with E-state index in [2.05, 4.69) is 5.32 Å². The van der Waals surface area contributed by atoms with E-state index in [4.69, 9.17) is 9.84 Å². The topological polar surface area (TPSA) is 76.5 Å². The van der Waals surface area contributed by atoms with E-state index in [-0.39, 0.29) is 5.91 Å². The maximum atomic E-state index is 12.3. The molecule has 0 spiro atoms. The first kappa shape index (κ1) is 25.7. The van der Waals surface area contributed by atoms with Gasteiger partial charge >= 0.3 is 5.97 Å². The molecular weight excluding hydrogens is 464 g/mol. The zero-order chi connectivity index (χ0) is 26.7. The first-order chi connectivity index (χ1) is 17.7. The first-order valence-corrected chi connectivity index (χ1v) is 12.2. The molecule has 0 fully saturated rings. The molecule has 4 rings (SSSR count). The van der Waals surface area contributed by atoms with Gasteiger partial charge in [0.05, 0.1) is 11.3 Å². The Morgan fingerprint density at radius 1 is 0.946 bits per heavy atom. The van der Waals surface area contributed by atoms with Crippen molar-refractivity contribution >= 4 is 23.3 Å². The molecule has 37 heavy (non-hydrogen) atoms. The van der Waals surface area contributed by atoms with Crippen molar-refractivity contribution in [3.63, 3.8) is 0 Å². The largest absolute Gasteiger partial charge is 0.407 e. The molecule has 1 amide bonds. The van der Waals surface area contributed by atoms with Crippen molar-refractivity contribution in [1.29, 1.82) is 0 Å². The number of carbonyl (C=O) groups excluding carboxylic acids is 2. The van der Waals surface area contributed by atoms with E-state index in [1.807, 2.05) is 106 Å². The average molecular weight is 497 g/mol. The van der Waals surface area contributed by atoms with Gasteiger partial charge in [-0.15, -0.1) is 0 Å². The fourth-order valence-electron chi connectivity index (χ4n) is 4.09. The molecule has 0 aliphatic carbocycles. The fourth-order valence-corrected chi connectivity index (χ4v) is 4.09. The summed E-state index contributed by atoms with van der Waals surface area (Å²) in [5.41, 5.74) is 7.75. The number of carbonyl (C=O) groups is 2. The first-order valence-electron chi connectivity index (χ1n) is 12.2. The number of hydrogen-bond acceptors (Lipinski definition) is 5. The van der Waals surface area contributed by atoms with Crippen LogP contribution in [0, 0.1) is 13.8 Å². The summed E-state index contributed by atoms with van der Waals surface area (Å²) < 4.78 is 7.55.